The molecule has 27 heavy (non-hydrogen) atoms. The maximum atomic E-state index is 12.4. The van der Waals surface area contributed by atoms with E-state index in [1.807, 2.05) is 6.92 Å². The van der Waals surface area contributed by atoms with Crippen LogP contribution in [0.4, 0.5) is 10.3 Å². The predicted octanol–water partition coefficient (Wildman–Crippen LogP) is 3.07. The van der Waals surface area contributed by atoms with Gasteiger partial charge < -0.3 is 14.8 Å². The van der Waals surface area contributed by atoms with Gasteiger partial charge in [-0.25, -0.2) is 9.97 Å². The van der Waals surface area contributed by atoms with E-state index >= 15 is 0 Å². The molecule has 1 aliphatic rings. The Morgan fingerprint density at radius 3 is 2.85 bits per heavy atom. The molecule has 4 rings (SSSR count). The van der Waals surface area contributed by atoms with Gasteiger partial charge in [0.15, 0.2) is 21.8 Å². The Labute approximate surface area is 162 Å². The van der Waals surface area contributed by atoms with Gasteiger partial charge >= 0.3 is 0 Å². The minimum absolute atomic E-state index is 0.106. The second-order valence-electron chi connectivity index (χ2n) is 5.67. The number of rotatable bonds is 5. The summed E-state index contributed by atoms with van der Waals surface area (Å²) in [6.45, 7) is 2.07. The fourth-order valence-corrected chi connectivity index (χ4v) is 3.78. The highest BCUT2D eigenvalue weighted by Gasteiger charge is 2.17. The molecular formula is C17H14N4O4S2. The van der Waals surface area contributed by atoms with Crippen molar-refractivity contribution < 1.29 is 19.1 Å². The lowest BCUT2D eigenvalue weighted by atomic mass is 10.2. The number of hydrogen-bond donors (Lipinski definition) is 2. The molecule has 0 saturated heterocycles. The molecule has 0 spiro atoms. The summed E-state index contributed by atoms with van der Waals surface area (Å²) in [7, 11) is 0. The number of hydrogen-bond acceptors (Lipinski definition) is 8. The molecule has 0 aliphatic carbocycles. The second-order valence-corrected chi connectivity index (χ2v) is 7.76. The summed E-state index contributed by atoms with van der Waals surface area (Å²) < 4.78 is 10.5. The van der Waals surface area contributed by atoms with E-state index in [0.29, 0.717) is 33.0 Å². The molecule has 10 heteroatoms. The number of nitrogens with zero attached hydrogens (tertiary/aromatic N) is 2. The standard InChI is InChI=1S/C17H14N4O4S2/c1-9-6-18-16(27-9)20-14(22)5-11-7-26-17(19-11)21-15(23)10-2-3-12-13(4-10)25-8-24-12/h2-4,6-7H,5,8H2,1H3,(H,18,20,22)(H,19,21,23). The smallest absolute Gasteiger partial charge is 0.257 e. The first-order chi connectivity index (χ1) is 13.1. The zero-order valence-corrected chi connectivity index (χ0v) is 15.8. The Kier molecular flexibility index (Phi) is 4.73. The number of amides is 2. The third-order valence-corrected chi connectivity index (χ3v) is 5.25. The average molecular weight is 402 g/mol. The number of ether oxygens (including phenoxy) is 2. The van der Waals surface area contributed by atoms with Crippen LogP contribution in [-0.4, -0.2) is 28.6 Å². The number of fused-ring (bicyclic) bond motifs is 1. The number of nitrogens with one attached hydrogen (secondary N) is 2. The quantitative estimate of drug-likeness (QED) is 0.680. The molecule has 3 heterocycles. The highest BCUT2D eigenvalue weighted by Crippen LogP contribution is 2.32. The summed E-state index contributed by atoms with van der Waals surface area (Å²) >= 11 is 2.67. The Hall–Kier alpha value is -2.98. The molecule has 1 aliphatic heterocycles. The summed E-state index contributed by atoms with van der Waals surface area (Å²) in [5, 5.41) is 8.18. The fraction of sp³-hybridized carbons (Fsp3) is 0.176. The van der Waals surface area contributed by atoms with E-state index in [0.717, 1.165) is 4.88 Å². The Morgan fingerprint density at radius 2 is 2.04 bits per heavy atom. The molecule has 0 saturated carbocycles. The minimum Gasteiger partial charge on any atom is -0.454 e. The number of aromatic nitrogens is 2. The van der Waals surface area contributed by atoms with Crippen LogP contribution in [0.5, 0.6) is 11.5 Å². The van der Waals surface area contributed by atoms with Gasteiger partial charge in [-0.2, -0.15) is 0 Å². The third kappa shape index (κ3) is 4.07. The Balaban J connectivity index is 1.36. The Morgan fingerprint density at radius 1 is 1.19 bits per heavy atom. The molecule has 2 amide bonds. The van der Waals surface area contributed by atoms with Crippen LogP contribution >= 0.6 is 22.7 Å². The van der Waals surface area contributed by atoms with Crippen LogP contribution in [0.15, 0.2) is 29.8 Å². The first-order valence-corrected chi connectivity index (χ1v) is 9.64. The molecule has 2 N–H and O–H groups in total. The van der Waals surface area contributed by atoms with E-state index in [-0.39, 0.29) is 25.0 Å². The number of thiazole rings is 2. The predicted molar refractivity (Wildman–Crippen MR) is 102 cm³/mol. The van der Waals surface area contributed by atoms with Gasteiger partial charge in [-0.1, -0.05) is 0 Å². The van der Waals surface area contributed by atoms with Crippen molar-refractivity contribution >= 4 is 44.8 Å². The molecule has 1 aromatic carbocycles. The highest BCUT2D eigenvalue weighted by atomic mass is 32.1. The van der Waals surface area contributed by atoms with Gasteiger partial charge in [0.25, 0.3) is 5.91 Å². The molecule has 3 aromatic rings. The first-order valence-electron chi connectivity index (χ1n) is 7.94. The van der Waals surface area contributed by atoms with E-state index in [2.05, 4.69) is 20.6 Å². The van der Waals surface area contributed by atoms with Crippen LogP contribution in [0.2, 0.25) is 0 Å². The number of carbonyl (C=O) groups excluding carboxylic acids is 2. The van der Waals surface area contributed by atoms with Gasteiger partial charge in [-0.05, 0) is 25.1 Å². The summed E-state index contributed by atoms with van der Waals surface area (Å²) in [5.74, 6) is 0.640. The lowest BCUT2D eigenvalue weighted by molar-refractivity contribution is -0.115. The Bertz CT molecular complexity index is 1010. The average Bonchev–Trinajstić information content (AvgIpc) is 3.36. The van der Waals surface area contributed by atoms with Crippen molar-refractivity contribution in [2.45, 2.75) is 13.3 Å². The van der Waals surface area contributed by atoms with Crippen LogP contribution < -0.4 is 20.1 Å². The van der Waals surface area contributed by atoms with Gasteiger partial charge in [0.05, 0.1) is 12.1 Å². The van der Waals surface area contributed by atoms with Crippen molar-refractivity contribution in [3.05, 3.63) is 45.9 Å². The van der Waals surface area contributed by atoms with Gasteiger partial charge in [-0.15, -0.1) is 22.7 Å². The number of benzene rings is 1. The minimum atomic E-state index is -0.308. The first kappa shape index (κ1) is 17.4. The lowest BCUT2D eigenvalue weighted by Crippen LogP contribution is -2.15. The van der Waals surface area contributed by atoms with Gasteiger partial charge in [0.1, 0.15) is 0 Å². The topological polar surface area (TPSA) is 102 Å². The van der Waals surface area contributed by atoms with Crippen molar-refractivity contribution in [1.82, 2.24) is 9.97 Å². The molecule has 138 valence electrons. The van der Waals surface area contributed by atoms with Crippen molar-refractivity contribution in [1.29, 1.82) is 0 Å². The molecule has 0 unspecified atom stereocenters. The maximum Gasteiger partial charge on any atom is 0.257 e. The van der Waals surface area contributed by atoms with Gasteiger partial charge in [-0.3, -0.25) is 14.9 Å². The number of carbonyl (C=O) groups is 2. The van der Waals surface area contributed by atoms with Crippen molar-refractivity contribution in [3.63, 3.8) is 0 Å². The fourth-order valence-electron chi connectivity index (χ4n) is 2.39. The SMILES string of the molecule is Cc1cnc(NC(=O)Cc2csc(NC(=O)c3ccc4c(c3)OCO4)n2)s1. The van der Waals surface area contributed by atoms with E-state index in [1.165, 1.54) is 22.7 Å². The van der Waals surface area contributed by atoms with Gasteiger partial charge in [0.2, 0.25) is 12.7 Å². The van der Waals surface area contributed by atoms with E-state index in [4.69, 9.17) is 9.47 Å². The molecular weight excluding hydrogens is 388 g/mol. The van der Waals surface area contributed by atoms with Crippen LogP contribution in [-0.2, 0) is 11.2 Å². The third-order valence-electron chi connectivity index (χ3n) is 3.62. The monoisotopic (exact) mass is 402 g/mol. The van der Waals surface area contributed by atoms with E-state index in [9.17, 15) is 9.59 Å². The highest BCUT2D eigenvalue weighted by molar-refractivity contribution is 7.15. The van der Waals surface area contributed by atoms with Crippen LogP contribution in [0.3, 0.4) is 0 Å². The molecule has 0 bridgehead atoms. The van der Waals surface area contributed by atoms with Crippen LogP contribution in [0.25, 0.3) is 0 Å². The van der Waals surface area contributed by atoms with Gasteiger partial charge in [0, 0.05) is 22.0 Å². The molecule has 2 aromatic heterocycles. The number of aryl methyl sites for hydroxylation is 1. The largest absolute Gasteiger partial charge is 0.454 e. The molecule has 0 radical (unpaired) electrons. The van der Waals surface area contributed by atoms with Crippen LogP contribution in [0, 0.1) is 6.92 Å². The van der Waals surface area contributed by atoms with E-state index in [1.54, 1.807) is 29.8 Å². The summed E-state index contributed by atoms with van der Waals surface area (Å²) in [5.41, 5.74) is 1.01. The zero-order valence-electron chi connectivity index (χ0n) is 14.1. The summed E-state index contributed by atoms with van der Waals surface area (Å²) in [6.07, 6.45) is 1.81. The molecule has 8 nitrogen and oxygen atoms in total. The van der Waals surface area contributed by atoms with Crippen molar-refractivity contribution in [3.8, 4) is 11.5 Å². The van der Waals surface area contributed by atoms with Crippen molar-refractivity contribution in [2.75, 3.05) is 17.4 Å². The normalized spacial score (nSPS) is 12.0. The van der Waals surface area contributed by atoms with E-state index < -0.39 is 0 Å². The summed E-state index contributed by atoms with van der Waals surface area (Å²) in [4.78, 5) is 33.8. The lowest BCUT2D eigenvalue weighted by Gasteiger charge is -2.03. The number of anilines is 2. The molecule has 0 atom stereocenters. The zero-order chi connectivity index (χ0) is 18.8. The second kappa shape index (κ2) is 7.33. The maximum absolute atomic E-state index is 12.4. The van der Waals surface area contributed by atoms with Crippen LogP contribution in [0.1, 0.15) is 20.9 Å². The summed E-state index contributed by atoms with van der Waals surface area (Å²) in [6, 6.07) is 4.96. The van der Waals surface area contributed by atoms with Crippen molar-refractivity contribution in [2.24, 2.45) is 0 Å². The molecule has 0 fully saturated rings.